The molecule has 0 saturated heterocycles. The first-order valence-electron chi connectivity index (χ1n) is 51.3. The zero-order valence-corrected chi connectivity index (χ0v) is 87.9. The van der Waals surface area contributed by atoms with Crippen molar-refractivity contribution in [3.8, 4) is 0 Å². The average molecular weight is 1960 g/mol. The molecule has 15 atom stereocenters. The number of unbranched alkanes of at least 4 members (excludes halogenated alkanes) is 8. The molecule has 0 saturated carbocycles. The molecule has 133 heavy (non-hydrogen) atoms. The molecule has 15 N–H and O–H groups in total. The van der Waals surface area contributed by atoms with E-state index in [9.17, 15) is 85.0 Å². The molecule has 0 radical (unpaired) electrons. The normalized spacial score (nSPS) is 15.2. The Labute approximate surface area is 812 Å². The first-order chi connectivity index (χ1) is 63.0. The molecular weight excluding hydrogens is 1740 g/mol. The zero-order valence-electron chi connectivity index (χ0n) is 87.1. The van der Waals surface area contributed by atoms with Gasteiger partial charge in [0.05, 0.1) is 237 Å². The van der Waals surface area contributed by atoms with Gasteiger partial charge in [0.1, 0.15) is 6.10 Å². The smallest absolute Gasteiger partial charge is 0.211 e. The second-order valence-electron chi connectivity index (χ2n) is 35.5. The lowest BCUT2D eigenvalue weighted by molar-refractivity contribution is -0.0562. The molecule has 0 fully saturated rings. The van der Waals surface area contributed by atoms with Crippen LogP contribution < -0.4 is 0 Å². The third-order valence-corrected chi connectivity index (χ3v) is 21.1. The summed E-state index contributed by atoms with van der Waals surface area (Å²) in [5.74, 6) is 0. The van der Waals surface area contributed by atoms with E-state index in [-0.39, 0.29) is 126 Å². The lowest BCUT2D eigenvalue weighted by Gasteiger charge is -2.25. The van der Waals surface area contributed by atoms with Crippen molar-refractivity contribution in [1.29, 1.82) is 0 Å². The van der Waals surface area contributed by atoms with Crippen LogP contribution in [-0.2, 0) is 76.3 Å². The highest BCUT2D eigenvalue weighted by Crippen LogP contribution is 2.18. The molecule has 0 aliphatic heterocycles. The number of hydrogen-bond donors (Lipinski definition) is 15. The van der Waals surface area contributed by atoms with Gasteiger partial charge in [0.15, 0.2) is 0 Å². The Morgan fingerprint density at radius 2 is 0.444 bits per heavy atom. The second kappa shape index (κ2) is 113. The summed E-state index contributed by atoms with van der Waals surface area (Å²) >= 11 is 0. The van der Waals surface area contributed by atoms with E-state index in [1.807, 2.05) is 62.3 Å². The van der Waals surface area contributed by atoms with Crippen LogP contribution in [0.25, 0.3) is 0 Å². The van der Waals surface area contributed by atoms with E-state index in [0.29, 0.717) is 145 Å². The van der Waals surface area contributed by atoms with Crippen molar-refractivity contribution in [1.82, 2.24) is 4.31 Å². The van der Waals surface area contributed by atoms with Crippen LogP contribution in [0.3, 0.4) is 0 Å². The third kappa shape index (κ3) is 125. The number of sulfonamides is 1. The fraction of sp³-hybridized carbons (Fsp3) is 1.00. The maximum Gasteiger partial charge on any atom is 0.211 e. The molecule has 0 aliphatic rings. The van der Waals surface area contributed by atoms with Gasteiger partial charge in [-0.3, -0.25) is 0 Å². The number of aliphatic hydroxyl groups excluding tert-OH is 15. The van der Waals surface area contributed by atoms with Gasteiger partial charge in [-0.25, -0.2) is 8.42 Å². The Bertz CT molecular complexity index is 2170. The van der Waals surface area contributed by atoms with E-state index < -0.39 is 40.5 Å². The average Bonchev–Trinajstić information content (AvgIpc) is 0.898. The Hall–Kier alpha value is -1.25. The molecule has 814 valence electrons. The third-order valence-electron chi connectivity index (χ3n) is 19.8. The quantitative estimate of drug-likeness (QED) is 0.0251. The minimum atomic E-state index is -3.30. The summed E-state index contributed by atoms with van der Waals surface area (Å²) in [5.41, 5.74) is -0.0993. The van der Waals surface area contributed by atoms with Gasteiger partial charge in [-0.1, -0.05) is 221 Å². The van der Waals surface area contributed by atoms with Gasteiger partial charge in [0.25, 0.3) is 0 Å². The van der Waals surface area contributed by atoms with E-state index in [4.69, 9.17) is 66.3 Å². The van der Waals surface area contributed by atoms with Crippen LogP contribution in [0.4, 0.5) is 0 Å². The summed E-state index contributed by atoms with van der Waals surface area (Å²) in [7, 11) is -3.30. The second-order valence-corrected chi connectivity index (χ2v) is 37.4. The first kappa shape index (κ1) is 147. The van der Waals surface area contributed by atoms with Crippen LogP contribution in [-0.4, -0.2) is 385 Å². The zero-order chi connectivity index (χ0) is 101. The molecule has 0 aromatic carbocycles. The highest BCUT2D eigenvalue weighted by atomic mass is 32.2. The van der Waals surface area contributed by atoms with Gasteiger partial charge in [0, 0.05) is 58.1 Å². The van der Waals surface area contributed by atoms with Crippen molar-refractivity contribution >= 4 is 10.0 Å². The van der Waals surface area contributed by atoms with Crippen LogP contribution >= 0.6 is 0 Å². The van der Waals surface area contributed by atoms with Crippen molar-refractivity contribution in [3.63, 3.8) is 0 Å². The van der Waals surface area contributed by atoms with E-state index in [1.165, 1.54) is 4.31 Å². The highest BCUT2D eigenvalue weighted by Gasteiger charge is 2.22. The standard InChI is InChI=1S/C16H34O4.C15H32O5.C15H32O4.C14H31NO6S.C14H30O4.C13H28O4.C12H26O4.CH4/c1-3-5-9-15(17)13-19-11-7-8-12-20-14-16(18)10-6-4-2;1-3-5-7-13(16)9-19-11-15(18)12-20-10-14(17)8-6-4-2;1-5-7-13(16)9-18-11-15(3,4)12-19-10-14(17)8-6-2;1-4-6-7-13(16)11-20-8-9-21-12-14(17)10-15(5-2)22(3,18)19;1-3-7-13(15)11-17-9-5-6-10-18-12-14(16)8-4-2;1-4-6-12(14)9-16-8-11(3)17-10-13(15)7-5-2;1-3-11(13)9-15-7-5-6-8-16-10-12(14)4-2;/h15-18H,3-14H2,1-2H3;13-18H,3-12H2,1-2H3;13-14,16-17H,5-12H2,1-4H3;13-14,16-17H,4-12H2,1-3H3;13-16H,3-12H2,1-2H3;11-15H,4-10H2,1-3H3;11-14H,3-10H2,1-2H3;1H4. The lowest BCUT2D eigenvalue weighted by atomic mass is 9.96. The van der Waals surface area contributed by atoms with Crippen molar-refractivity contribution in [2.24, 2.45) is 5.41 Å². The molecule has 0 aromatic rings. The van der Waals surface area contributed by atoms with Crippen molar-refractivity contribution < 1.29 is 151 Å². The van der Waals surface area contributed by atoms with E-state index >= 15 is 0 Å². The molecule has 0 amide bonds. The number of nitrogens with zero attached hydrogens (tertiary/aromatic N) is 1. The number of aliphatic hydroxyl groups is 15. The molecule has 0 heterocycles. The molecule has 0 aromatic heterocycles. The van der Waals surface area contributed by atoms with Gasteiger partial charge >= 0.3 is 0 Å². The lowest BCUT2D eigenvalue weighted by Crippen LogP contribution is -2.38. The number of hydrogen-bond acceptors (Lipinski definition) is 31. The number of ether oxygens (including phenoxy) is 14. The summed E-state index contributed by atoms with van der Waals surface area (Å²) in [6.07, 6.45) is 26.5. The van der Waals surface area contributed by atoms with Gasteiger partial charge in [0.2, 0.25) is 10.0 Å². The minimum absolute atomic E-state index is 0. The van der Waals surface area contributed by atoms with Crippen LogP contribution in [0.15, 0.2) is 0 Å². The minimum Gasteiger partial charge on any atom is -0.391 e. The fourth-order valence-electron chi connectivity index (χ4n) is 11.6. The Morgan fingerprint density at radius 3 is 0.677 bits per heavy atom. The molecular formula is C100H217NO31S. The van der Waals surface area contributed by atoms with E-state index in [1.54, 1.807) is 6.92 Å². The van der Waals surface area contributed by atoms with Crippen LogP contribution in [0.1, 0.15) is 350 Å². The molecule has 32 nitrogen and oxygen atoms in total. The summed E-state index contributed by atoms with van der Waals surface area (Å²) in [5, 5.41) is 142. The largest absolute Gasteiger partial charge is 0.391 e. The maximum atomic E-state index is 11.4. The number of likely N-dealkylation sites (N-methyl/N-ethyl adjacent to an activating group) is 1. The van der Waals surface area contributed by atoms with Gasteiger partial charge < -0.3 is 143 Å². The highest BCUT2D eigenvalue weighted by molar-refractivity contribution is 7.88. The first-order valence-corrected chi connectivity index (χ1v) is 53.1. The van der Waals surface area contributed by atoms with Crippen LogP contribution in [0.2, 0.25) is 0 Å². The van der Waals surface area contributed by atoms with Gasteiger partial charge in [-0.05, 0) is 129 Å². The molecule has 0 aliphatic carbocycles. The summed E-state index contributed by atoms with van der Waals surface area (Å²) < 4.78 is 98.9. The van der Waals surface area contributed by atoms with E-state index in [2.05, 4.69) is 48.5 Å². The topological polar surface area (TPSA) is 470 Å². The van der Waals surface area contributed by atoms with Crippen LogP contribution in [0.5, 0.6) is 0 Å². The van der Waals surface area contributed by atoms with E-state index in [0.717, 1.165) is 231 Å². The molecule has 0 rings (SSSR count). The van der Waals surface area contributed by atoms with Gasteiger partial charge in [-0.15, -0.1) is 0 Å². The SMILES string of the molecule is C.CCC(O)COCCCCOCC(O)CC.CCCC(O)COCC(C)(C)COCC(O)CCC.CCCC(O)COCC(C)OCC(O)CCC.CCCC(O)COCCCCOCC(O)CCC.CCCCC(O)COCC(O)COCC(O)CCCC.CCCCC(O)COCCCCOCC(O)CCCC.CCCCC(O)COCCOCC(O)CN(CC)S(C)(=O)=O. The van der Waals surface area contributed by atoms with Gasteiger partial charge in [-0.2, -0.15) is 4.31 Å². The molecule has 33 heteroatoms. The monoisotopic (exact) mass is 1960 g/mol. The summed E-state index contributed by atoms with van der Waals surface area (Å²) in [6, 6.07) is 0. The molecule has 0 spiro atoms. The van der Waals surface area contributed by atoms with Crippen molar-refractivity contribution in [2.45, 2.75) is 448 Å². The maximum absolute atomic E-state index is 11.4. The Balaban J connectivity index is -0.000000229. The predicted molar refractivity (Wildman–Crippen MR) is 534 cm³/mol. The number of rotatable bonds is 90. The molecule has 15 unspecified atom stereocenters. The van der Waals surface area contributed by atoms with Crippen LogP contribution in [0, 0.1) is 5.41 Å². The molecule has 0 bridgehead atoms. The van der Waals surface area contributed by atoms with Crippen molar-refractivity contribution in [3.05, 3.63) is 0 Å². The Morgan fingerprint density at radius 1 is 0.241 bits per heavy atom. The predicted octanol–water partition coefficient (Wildman–Crippen LogP) is 12.8. The van der Waals surface area contributed by atoms with Crippen molar-refractivity contribution in [2.75, 3.05) is 198 Å². The summed E-state index contributed by atoms with van der Waals surface area (Å²) in [6.45, 7) is 46.0. The fourth-order valence-corrected chi connectivity index (χ4v) is 12.6. The summed E-state index contributed by atoms with van der Waals surface area (Å²) in [4.78, 5) is 0. The Kier molecular flexibility index (Phi) is 125.